The molecule has 148 valence electrons. The molecule has 0 bridgehead atoms. The van der Waals surface area contributed by atoms with E-state index in [0.29, 0.717) is 11.0 Å². The van der Waals surface area contributed by atoms with Crippen molar-refractivity contribution in [1.82, 2.24) is 0 Å². The number of aliphatic hydroxyl groups is 5. The van der Waals surface area contributed by atoms with Crippen molar-refractivity contribution in [1.29, 1.82) is 0 Å². The van der Waals surface area contributed by atoms with Gasteiger partial charge in [-0.05, 0) is 0 Å². The van der Waals surface area contributed by atoms with E-state index < -0.39 is 48.4 Å². The van der Waals surface area contributed by atoms with Gasteiger partial charge in [0.2, 0.25) is 0 Å². The number of carboxylic acids is 3. The summed E-state index contributed by atoms with van der Waals surface area (Å²) in [6.45, 7) is 0.425. The Hall–Kier alpha value is -0.570. The molecule has 0 aromatic heterocycles. The molecule has 0 aromatic rings. The molecular weight excluding hydrogens is 386 g/mol. The molecule has 12 nitrogen and oxygen atoms in total. The molecule has 0 fully saturated rings. The van der Waals surface area contributed by atoms with Crippen LogP contribution in [0.5, 0.6) is 0 Å². The van der Waals surface area contributed by atoms with E-state index in [1.54, 1.807) is 0 Å². The van der Waals surface area contributed by atoms with Crippen LogP contribution in [0.25, 0.3) is 0 Å². The van der Waals surface area contributed by atoms with Gasteiger partial charge in [-0.15, -0.1) is 0 Å². The molecule has 0 saturated carbocycles. The second-order valence-corrected chi connectivity index (χ2v) is 6.21. The number of hydrogen-bond acceptors (Lipinski definition) is 11. The molecule has 5 N–H and O–H groups in total. The third-order valence-electron chi connectivity index (χ3n) is 2.64. The predicted molar refractivity (Wildman–Crippen MR) is 78.3 cm³/mol. The summed E-state index contributed by atoms with van der Waals surface area (Å²) in [7, 11) is 5.66. The van der Waals surface area contributed by atoms with Gasteiger partial charge in [0.05, 0.1) is 33.1 Å². The van der Waals surface area contributed by atoms with Crippen molar-refractivity contribution in [2.75, 3.05) is 27.7 Å². The van der Waals surface area contributed by atoms with E-state index in [9.17, 15) is 29.7 Å². The van der Waals surface area contributed by atoms with Crippen molar-refractivity contribution in [3.8, 4) is 0 Å². The number of rotatable bonds is 9. The topological polar surface area (TPSA) is 222 Å². The molecule has 0 spiro atoms. The minimum absolute atomic E-state index is 0. The second kappa shape index (κ2) is 13.6. The van der Waals surface area contributed by atoms with Gasteiger partial charge in [-0.3, -0.25) is 0 Å². The summed E-state index contributed by atoms with van der Waals surface area (Å²) < 4.78 is 0.550. The van der Waals surface area contributed by atoms with Crippen LogP contribution >= 0.6 is 0 Å². The quantitative estimate of drug-likeness (QED) is 0.178. The van der Waals surface area contributed by atoms with E-state index in [4.69, 9.17) is 25.5 Å². The maximum atomic E-state index is 10.0. The van der Waals surface area contributed by atoms with Crippen LogP contribution in [0.2, 0.25) is 0 Å². The van der Waals surface area contributed by atoms with E-state index in [2.05, 4.69) is 0 Å². The molecule has 26 heavy (non-hydrogen) atoms. The summed E-state index contributed by atoms with van der Waals surface area (Å²) in [5.74, 6) is -5.42. The van der Waals surface area contributed by atoms with Crippen LogP contribution in [0.4, 0.5) is 0 Å². The van der Waals surface area contributed by atoms with Gasteiger partial charge in [0.1, 0.15) is 37.1 Å². The van der Waals surface area contributed by atoms with Crippen LogP contribution < -0.4 is 15.3 Å². The van der Waals surface area contributed by atoms with Crippen molar-refractivity contribution >= 4 is 55.6 Å². The minimum atomic E-state index is -2.50. The average Bonchev–Trinajstić information content (AvgIpc) is 2.41. The monoisotopic (exact) mass is 409 g/mol. The van der Waals surface area contributed by atoms with Crippen LogP contribution in [0, 0.1) is 0 Å². The van der Waals surface area contributed by atoms with Crippen molar-refractivity contribution in [3.05, 3.63) is 0 Å². The molecule has 0 saturated heterocycles. The Morgan fingerprint density at radius 2 is 1.12 bits per heavy atom. The van der Waals surface area contributed by atoms with Crippen LogP contribution in [-0.4, -0.2) is 144 Å². The van der Waals surface area contributed by atoms with Crippen molar-refractivity contribution in [2.24, 2.45) is 0 Å². The fourth-order valence-electron chi connectivity index (χ4n) is 1.54. The summed E-state index contributed by atoms with van der Waals surface area (Å²) in [6, 6.07) is 0. The van der Waals surface area contributed by atoms with Gasteiger partial charge >= 0.3 is 37.7 Å². The SMILES string of the molecule is C[N+](C)(C)C[C@H](O)CC(=O)[O-].O=C([O-])C(O)C(O)C(O)C(O)C(=O)[O-].[Ca+2]. The molecule has 0 aliphatic carbocycles. The number of carbonyl (C=O) groups excluding carboxylic acids is 3. The van der Waals surface area contributed by atoms with Crippen molar-refractivity contribution in [3.63, 3.8) is 0 Å². The molecule has 0 rings (SSSR count). The molecule has 13 heteroatoms. The van der Waals surface area contributed by atoms with E-state index in [0.717, 1.165) is 0 Å². The third-order valence-corrected chi connectivity index (χ3v) is 2.64. The molecular formula is C13H23CaNO11. The predicted octanol–water partition coefficient (Wildman–Crippen LogP) is -8.26. The van der Waals surface area contributed by atoms with Gasteiger partial charge in [-0.1, -0.05) is 0 Å². The van der Waals surface area contributed by atoms with Crippen LogP contribution in [0.15, 0.2) is 0 Å². The summed E-state index contributed by atoms with van der Waals surface area (Å²) in [5.41, 5.74) is 0. The molecule has 0 radical (unpaired) electrons. The summed E-state index contributed by atoms with van der Waals surface area (Å²) >= 11 is 0. The molecule has 5 atom stereocenters. The summed E-state index contributed by atoms with van der Waals surface area (Å²) in [4.78, 5) is 29.9. The number of hydrogen-bond donors (Lipinski definition) is 5. The van der Waals surface area contributed by atoms with Crippen LogP contribution in [-0.2, 0) is 14.4 Å². The first kappa shape index (κ1) is 30.2. The number of carboxylic acid groups (broad SMARTS) is 3. The molecule has 0 aromatic carbocycles. The van der Waals surface area contributed by atoms with E-state index in [-0.39, 0.29) is 44.2 Å². The number of carbonyl (C=O) groups is 3. The van der Waals surface area contributed by atoms with Gasteiger partial charge in [0.25, 0.3) is 0 Å². The van der Waals surface area contributed by atoms with Gasteiger partial charge in [0, 0.05) is 12.4 Å². The molecule has 0 aliphatic rings. The van der Waals surface area contributed by atoms with Gasteiger partial charge < -0.3 is 59.7 Å². The molecule has 4 unspecified atom stereocenters. The first-order valence-electron chi connectivity index (χ1n) is 6.92. The Morgan fingerprint density at radius 3 is 1.31 bits per heavy atom. The van der Waals surface area contributed by atoms with Crippen molar-refractivity contribution < 1.29 is 59.7 Å². The number of quaternary nitrogens is 1. The van der Waals surface area contributed by atoms with E-state index in [1.165, 1.54) is 0 Å². The maximum absolute atomic E-state index is 10.0. The van der Waals surface area contributed by atoms with Crippen LogP contribution in [0.3, 0.4) is 0 Å². The fourth-order valence-corrected chi connectivity index (χ4v) is 1.54. The first-order chi connectivity index (χ1) is 11.1. The Kier molecular flexibility index (Phi) is 15.8. The Balaban J connectivity index is -0.000000402. The smallest absolute Gasteiger partial charge is 0.550 e. The second-order valence-electron chi connectivity index (χ2n) is 6.21. The molecule has 0 amide bonds. The Morgan fingerprint density at radius 1 is 0.808 bits per heavy atom. The Labute approximate surface area is 179 Å². The van der Waals surface area contributed by atoms with Gasteiger partial charge in [0.15, 0.2) is 0 Å². The largest absolute Gasteiger partial charge is 2.00 e. The zero-order valence-electron chi connectivity index (χ0n) is 14.6. The van der Waals surface area contributed by atoms with Gasteiger partial charge in [-0.25, -0.2) is 0 Å². The number of likely N-dealkylation sites (N-methyl/N-ethyl adjacent to an activating group) is 1. The van der Waals surface area contributed by atoms with E-state index in [1.807, 2.05) is 21.1 Å². The number of aliphatic carboxylic acids is 3. The fraction of sp³-hybridized carbons (Fsp3) is 0.769. The summed E-state index contributed by atoms with van der Waals surface area (Å²) in [5, 5.41) is 73.9. The zero-order chi connectivity index (χ0) is 20.5. The van der Waals surface area contributed by atoms with E-state index >= 15 is 0 Å². The van der Waals surface area contributed by atoms with Gasteiger partial charge in [-0.2, -0.15) is 0 Å². The van der Waals surface area contributed by atoms with Crippen LogP contribution in [0.1, 0.15) is 6.42 Å². The first-order valence-corrected chi connectivity index (χ1v) is 6.92. The Bertz CT molecular complexity index is 430. The average molecular weight is 409 g/mol. The molecule has 0 heterocycles. The minimum Gasteiger partial charge on any atom is -0.550 e. The summed E-state index contributed by atoms with van der Waals surface area (Å²) in [6.07, 6.45) is -10.9. The van der Waals surface area contributed by atoms with Crippen molar-refractivity contribution in [2.45, 2.75) is 36.9 Å². The standard InChI is InChI=1S/C7H15NO3.C6H10O8.Ca/c1-8(2,3)5-6(9)4-7(10)11;7-1(3(9)5(11)12)2(8)4(10)6(13)14;/h6,9H,4-5H2,1-3H3;1-4,7-10H,(H,11,12)(H,13,14);/q;;+2/p-2/t6-;;/m1../s1. The normalized spacial score (nSPS) is 16.6. The third kappa shape index (κ3) is 14.6. The number of nitrogens with zero attached hydrogens (tertiary/aromatic N) is 1. The number of aliphatic hydroxyl groups excluding tert-OH is 5. The molecule has 0 aliphatic heterocycles. The maximum Gasteiger partial charge on any atom is 2.00 e. The zero-order valence-corrected chi connectivity index (χ0v) is 16.8.